The van der Waals surface area contributed by atoms with Gasteiger partial charge < -0.3 is 14.8 Å². The third kappa shape index (κ3) is 2.72. The lowest BCUT2D eigenvalue weighted by Gasteiger charge is -2.38. The van der Waals surface area contributed by atoms with E-state index in [4.69, 9.17) is 9.47 Å². The standard InChI is InChI=1S/C18H23N3O3/c1-5-24-17(22)13-11-19-21-16(13)20-14(10-18(21,2)3)12-8-6-7-9-15(12)23-4/h6-9,11,14,20H,5,10H2,1-4H3. The van der Waals surface area contributed by atoms with Gasteiger partial charge in [0.2, 0.25) is 0 Å². The summed E-state index contributed by atoms with van der Waals surface area (Å²) in [6, 6.07) is 7.95. The highest BCUT2D eigenvalue weighted by Crippen LogP contribution is 2.42. The zero-order chi connectivity index (χ0) is 17.3. The molecule has 3 rings (SSSR count). The summed E-state index contributed by atoms with van der Waals surface area (Å²) in [7, 11) is 1.67. The average Bonchev–Trinajstić information content (AvgIpc) is 2.99. The molecule has 1 N–H and O–H groups in total. The molecule has 1 atom stereocenters. The van der Waals surface area contributed by atoms with Gasteiger partial charge in [0.25, 0.3) is 0 Å². The van der Waals surface area contributed by atoms with E-state index in [1.165, 1.54) is 0 Å². The Morgan fingerprint density at radius 3 is 2.88 bits per heavy atom. The SMILES string of the molecule is CCOC(=O)c1cnn2c1NC(c1ccccc1OC)CC2(C)C. The van der Waals surface area contributed by atoms with Crippen LogP contribution in [0.25, 0.3) is 0 Å². The summed E-state index contributed by atoms with van der Waals surface area (Å²) in [6.45, 7) is 6.36. The van der Waals surface area contributed by atoms with Crippen LogP contribution in [0.15, 0.2) is 30.5 Å². The first-order valence-electron chi connectivity index (χ1n) is 8.13. The largest absolute Gasteiger partial charge is 0.496 e. The molecule has 0 fully saturated rings. The monoisotopic (exact) mass is 329 g/mol. The van der Waals surface area contributed by atoms with Gasteiger partial charge >= 0.3 is 5.97 Å². The van der Waals surface area contributed by atoms with Crippen LogP contribution in [0.5, 0.6) is 5.75 Å². The lowest BCUT2D eigenvalue weighted by Crippen LogP contribution is -2.38. The number of rotatable bonds is 4. The first-order chi connectivity index (χ1) is 11.5. The van der Waals surface area contributed by atoms with Crippen molar-refractivity contribution < 1.29 is 14.3 Å². The van der Waals surface area contributed by atoms with E-state index in [9.17, 15) is 4.79 Å². The molecule has 128 valence electrons. The minimum atomic E-state index is -0.359. The van der Waals surface area contributed by atoms with Crippen LogP contribution in [0.1, 0.15) is 49.2 Å². The van der Waals surface area contributed by atoms with Crippen molar-refractivity contribution in [2.75, 3.05) is 19.0 Å². The summed E-state index contributed by atoms with van der Waals surface area (Å²) in [4.78, 5) is 12.2. The molecular weight excluding hydrogens is 306 g/mol. The summed E-state index contributed by atoms with van der Waals surface area (Å²) in [5.74, 6) is 1.17. The number of nitrogens with one attached hydrogen (secondary N) is 1. The highest BCUT2D eigenvalue weighted by atomic mass is 16.5. The number of hydrogen-bond acceptors (Lipinski definition) is 5. The number of hydrogen-bond donors (Lipinski definition) is 1. The molecule has 0 spiro atoms. The van der Waals surface area contributed by atoms with Crippen LogP contribution in [0.2, 0.25) is 0 Å². The smallest absolute Gasteiger partial charge is 0.343 e. The van der Waals surface area contributed by atoms with Crippen molar-refractivity contribution in [3.05, 3.63) is 41.6 Å². The van der Waals surface area contributed by atoms with Crippen LogP contribution < -0.4 is 10.1 Å². The number of nitrogens with zero attached hydrogens (tertiary/aromatic N) is 2. The molecule has 0 saturated carbocycles. The number of anilines is 1. The molecule has 6 nitrogen and oxygen atoms in total. The zero-order valence-corrected chi connectivity index (χ0v) is 14.5. The Hall–Kier alpha value is -2.50. The van der Waals surface area contributed by atoms with Crippen molar-refractivity contribution in [2.24, 2.45) is 0 Å². The number of aromatic nitrogens is 2. The van der Waals surface area contributed by atoms with Gasteiger partial charge in [-0.15, -0.1) is 0 Å². The zero-order valence-electron chi connectivity index (χ0n) is 14.5. The number of carbonyl (C=O) groups excluding carboxylic acids is 1. The van der Waals surface area contributed by atoms with Crippen LogP contribution in [-0.4, -0.2) is 29.5 Å². The molecule has 0 amide bonds. The van der Waals surface area contributed by atoms with Crippen molar-refractivity contribution in [1.82, 2.24) is 9.78 Å². The van der Waals surface area contributed by atoms with Crippen LogP contribution in [0.4, 0.5) is 5.82 Å². The van der Waals surface area contributed by atoms with Crippen LogP contribution in [-0.2, 0) is 10.3 Å². The van der Waals surface area contributed by atoms with Crippen molar-refractivity contribution >= 4 is 11.8 Å². The summed E-state index contributed by atoms with van der Waals surface area (Å²) in [5.41, 5.74) is 1.29. The lowest BCUT2D eigenvalue weighted by molar-refractivity contribution is 0.0527. The maximum atomic E-state index is 12.2. The van der Waals surface area contributed by atoms with Gasteiger partial charge in [-0.05, 0) is 33.3 Å². The second-order valence-corrected chi connectivity index (χ2v) is 6.49. The van der Waals surface area contributed by atoms with Crippen LogP contribution in [0, 0.1) is 0 Å². The van der Waals surface area contributed by atoms with E-state index in [1.54, 1.807) is 20.2 Å². The molecule has 2 aromatic rings. The number of methoxy groups -OCH3 is 1. The third-order valence-corrected chi connectivity index (χ3v) is 4.37. The topological polar surface area (TPSA) is 65.4 Å². The van der Waals surface area contributed by atoms with E-state index in [0.29, 0.717) is 18.0 Å². The summed E-state index contributed by atoms with van der Waals surface area (Å²) in [6.07, 6.45) is 2.40. The van der Waals surface area contributed by atoms with Gasteiger partial charge in [-0.25, -0.2) is 9.48 Å². The number of esters is 1. The maximum Gasteiger partial charge on any atom is 0.343 e. The third-order valence-electron chi connectivity index (χ3n) is 4.37. The molecule has 0 aliphatic carbocycles. The van der Waals surface area contributed by atoms with Crippen molar-refractivity contribution in [1.29, 1.82) is 0 Å². The summed E-state index contributed by atoms with van der Waals surface area (Å²) >= 11 is 0. The summed E-state index contributed by atoms with van der Waals surface area (Å²) < 4.78 is 12.5. The summed E-state index contributed by atoms with van der Waals surface area (Å²) in [5, 5.41) is 7.86. The van der Waals surface area contributed by atoms with Crippen molar-refractivity contribution in [3.8, 4) is 5.75 Å². The average molecular weight is 329 g/mol. The number of fused-ring (bicyclic) bond motifs is 1. The van der Waals surface area contributed by atoms with Gasteiger partial charge in [0, 0.05) is 5.56 Å². The fourth-order valence-corrected chi connectivity index (χ4v) is 3.25. The molecule has 1 aromatic heterocycles. The van der Waals surface area contributed by atoms with Gasteiger partial charge in [-0.3, -0.25) is 0 Å². The molecule has 0 saturated heterocycles. The number of benzene rings is 1. The molecule has 1 aliphatic heterocycles. The van der Waals surface area contributed by atoms with Crippen molar-refractivity contribution in [3.63, 3.8) is 0 Å². The van der Waals surface area contributed by atoms with Crippen LogP contribution >= 0.6 is 0 Å². The van der Waals surface area contributed by atoms with E-state index in [1.807, 2.05) is 28.9 Å². The highest BCUT2D eigenvalue weighted by Gasteiger charge is 2.37. The normalized spacial score (nSPS) is 18.4. The van der Waals surface area contributed by atoms with E-state index in [-0.39, 0.29) is 17.6 Å². The quantitative estimate of drug-likeness (QED) is 0.871. The van der Waals surface area contributed by atoms with Gasteiger partial charge in [-0.1, -0.05) is 18.2 Å². The Morgan fingerprint density at radius 2 is 2.17 bits per heavy atom. The molecule has 1 aliphatic rings. The predicted molar refractivity (Wildman–Crippen MR) is 91.5 cm³/mol. The Labute approximate surface area is 141 Å². The molecular formula is C18H23N3O3. The molecule has 1 unspecified atom stereocenters. The molecule has 1 aromatic carbocycles. The fraction of sp³-hybridized carbons (Fsp3) is 0.444. The second kappa shape index (κ2) is 6.19. The molecule has 0 radical (unpaired) electrons. The number of ether oxygens (including phenoxy) is 2. The Bertz CT molecular complexity index is 752. The maximum absolute atomic E-state index is 12.2. The Balaban J connectivity index is 2.02. The minimum Gasteiger partial charge on any atom is -0.496 e. The molecule has 2 heterocycles. The number of carbonyl (C=O) groups is 1. The number of para-hydroxylation sites is 1. The van der Waals surface area contributed by atoms with E-state index in [2.05, 4.69) is 24.3 Å². The first-order valence-corrected chi connectivity index (χ1v) is 8.13. The minimum absolute atomic E-state index is 0.0218. The van der Waals surface area contributed by atoms with Crippen LogP contribution in [0.3, 0.4) is 0 Å². The molecule has 0 bridgehead atoms. The van der Waals surface area contributed by atoms with E-state index >= 15 is 0 Å². The van der Waals surface area contributed by atoms with Crippen molar-refractivity contribution in [2.45, 2.75) is 38.8 Å². The lowest BCUT2D eigenvalue weighted by atomic mass is 9.88. The molecule has 24 heavy (non-hydrogen) atoms. The first kappa shape index (κ1) is 16.4. The van der Waals surface area contributed by atoms with E-state index in [0.717, 1.165) is 17.7 Å². The van der Waals surface area contributed by atoms with Gasteiger partial charge in [0.1, 0.15) is 17.1 Å². The fourth-order valence-electron chi connectivity index (χ4n) is 3.25. The predicted octanol–water partition coefficient (Wildman–Crippen LogP) is 3.36. The Kier molecular flexibility index (Phi) is 4.22. The van der Waals surface area contributed by atoms with Gasteiger partial charge in [-0.2, -0.15) is 5.10 Å². The second-order valence-electron chi connectivity index (χ2n) is 6.49. The molecule has 6 heteroatoms. The Morgan fingerprint density at radius 1 is 1.42 bits per heavy atom. The van der Waals surface area contributed by atoms with E-state index < -0.39 is 0 Å². The van der Waals surface area contributed by atoms with Gasteiger partial charge in [0.05, 0.1) is 31.5 Å². The highest BCUT2D eigenvalue weighted by molar-refractivity contribution is 5.94. The van der Waals surface area contributed by atoms with Gasteiger partial charge in [0.15, 0.2) is 0 Å².